The first-order valence-corrected chi connectivity index (χ1v) is 14.9. The van der Waals surface area contributed by atoms with Crippen molar-refractivity contribution in [2.45, 2.75) is 70.9 Å². The van der Waals surface area contributed by atoms with Gasteiger partial charge >= 0.3 is 0 Å². The first kappa shape index (κ1) is 31.3. The molecule has 0 aromatic heterocycles. The third-order valence-corrected chi connectivity index (χ3v) is 10.0. The van der Waals surface area contributed by atoms with E-state index in [-0.39, 0.29) is 52.3 Å². The number of nitrogens with zero attached hydrogens (tertiary/aromatic N) is 1. The number of ether oxygens (including phenoxy) is 1. The Balaban J connectivity index is 1.68. The molecular formula is C31H44ClN3O6. The van der Waals surface area contributed by atoms with Crippen molar-refractivity contribution >= 4 is 29.1 Å². The predicted molar refractivity (Wildman–Crippen MR) is 159 cm³/mol. The highest BCUT2D eigenvalue weighted by Gasteiger charge is 2.41. The molecule has 10 heteroatoms. The summed E-state index contributed by atoms with van der Waals surface area (Å²) in [4.78, 5) is 27.0. The van der Waals surface area contributed by atoms with Crippen LogP contribution in [0.15, 0.2) is 23.0 Å². The van der Waals surface area contributed by atoms with Gasteiger partial charge in [-0.05, 0) is 93.5 Å². The first-order chi connectivity index (χ1) is 19.4. The zero-order valence-corrected chi connectivity index (χ0v) is 25.3. The smallest absolute Gasteiger partial charge is 0.248 e. The van der Waals surface area contributed by atoms with Gasteiger partial charge in [-0.2, -0.15) is 0 Å². The molecule has 3 aliphatic rings. The zero-order chi connectivity index (χ0) is 30.1. The normalized spacial score (nSPS) is 23.9. The number of nitrogens with two attached hydrogens (primary N) is 1. The van der Waals surface area contributed by atoms with Gasteiger partial charge in [0.15, 0.2) is 5.78 Å². The van der Waals surface area contributed by atoms with Gasteiger partial charge in [0.25, 0.3) is 0 Å². The van der Waals surface area contributed by atoms with Gasteiger partial charge in [-0.25, -0.2) is 0 Å². The predicted octanol–water partition coefficient (Wildman–Crippen LogP) is 4.40. The molecule has 0 aliphatic heterocycles. The molecule has 1 saturated carbocycles. The maximum atomic E-state index is 13.3. The van der Waals surface area contributed by atoms with E-state index in [1.54, 1.807) is 6.07 Å². The number of methoxy groups -OCH3 is 1. The lowest BCUT2D eigenvalue weighted by Crippen LogP contribution is -2.43. The van der Waals surface area contributed by atoms with E-state index in [2.05, 4.69) is 12.2 Å². The number of phenolic OH excluding ortho intramolecular Hbond substituents is 1. The van der Waals surface area contributed by atoms with Crippen molar-refractivity contribution in [1.82, 2.24) is 10.2 Å². The molecule has 3 aliphatic carbocycles. The van der Waals surface area contributed by atoms with Crippen LogP contribution in [0.2, 0.25) is 5.02 Å². The molecule has 1 aromatic rings. The number of fused-ring (bicyclic) bond motifs is 1. The number of aliphatic hydroxyl groups is 2. The van der Waals surface area contributed by atoms with E-state index in [0.717, 1.165) is 18.5 Å². The number of carbonyl (C=O) groups is 2. The molecule has 1 amide bonds. The molecule has 0 spiro atoms. The molecule has 226 valence electrons. The number of Topliss-reactive ketones (excluding diaryl/α,β-unsaturated/α-hetero) is 1. The van der Waals surface area contributed by atoms with Crippen LogP contribution in [0, 0.1) is 17.3 Å². The number of nitrogens with one attached hydrogen (secondary N) is 1. The number of hydrogen-bond donors (Lipinski definition) is 5. The van der Waals surface area contributed by atoms with Gasteiger partial charge in [-0.3, -0.25) is 14.5 Å². The summed E-state index contributed by atoms with van der Waals surface area (Å²) in [5, 5.41) is 37.4. The Morgan fingerprint density at radius 1 is 1.24 bits per heavy atom. The van der Waals surface area contributed by atoms with Crippen molar-refractivity contribution in [3.05, 3.63) is 44.7 Å². The number of benzene rings is 1. The number of primary amides is 1. The second-order valence-electron chi connectivity index (χ2n) is 12.2. The maximum absolute atomic E-state index is 13.3. The molecule has 0 heterocycles. The Bertz CT molecular complexity index is 1250. The number of halogens is 1. The highest BCUT2D eigenvalue weighted by atomic mass is 35.5. The summed E-state index contributed by atoms with van der Waals surface area (Å²) in [6, 6.07) is 1.09. The van der Waals surface area contributed by atoms with Crippen LogP contribution in [0.25, 0.3) is 5.76 Å². The van der Waals surface area contributed by atoms with Crippen molar-refractivity contribution in [2.75, 3.05) is 34.4 Å². The molecule has 0 saturated heterocycles. The fourth-order valence-electron chi connectivity index (χ4n) is 7.13. The Labute approximate surface area is 247 Å². The number of ketones is 1. The minimum atomic E-state index is -0.640. The van der Waals surface area contributed by atoms with Crippen molar-refractivity contribution in [2.24, 2.45) is 23.0 Å². The number of aliphatic hydroxyl groups excluding tert-OH is 2. The second kappa shape index (κ2) is 12.7. The monoisotopic (exact) mass is 589 g/mol. The van der Waals surface area contributed by atoms with E-state index in [0.29, 0.717) is 48.2 Å². The number of carbonyl (C=O) groups excluding carboxylic acids is 2. The number of hydrogen-bond acceptors (Lipinski definition) is 8. The lowest BCUT2D eigenvalue weighted by Gasteiger charge is -2.41. The van der Waals surface area contributed by atoms with E-state index in [1.807, 2.05) is 19.0 Å². The third-order valence-electron chi connectivity index (χ3n) is 9.56. The SMILES string of the molecule is CCC1(CNCc2cc(O)c3c(c2Cl)C[C@@H](C[C@@H]2CCC(C(N)=O)=C(O)[C@H]2N(C)C)C(C(=O)COC)=C3O)CCC1. The Morgan fingerprint density at radius 3 is 2.51 bits per heavy atom. The van der Waals surface area contributed by atoms with Gasteiger partial charge in [0.2, 0.25) is 5.91 Å². The van der Waals surface area contributed by atoms with Crippen molar-refractivity contribution in [3.8, 4) is 5.75 Å². The summed E-state index contributed by atoms with van der Waals surface area (Å²) < 4.78 is 5.12. The lowest BCUT2D eigenvalue weighted by molar-refractivity contribution is -0.119. The van der Waals surface area contributed by atoms with Crippen LogP contribution in [0.3, 0.4) is 0 Å². The molecule has 4 rings (SSSR count). The molecule has 41 heavy (non-hydrogen) atoms. The van der Waals surface area contributed by atoms with Gasteiger partial charge in [0.05, 0.1) is 17.2 Å². The second-order valence-corrected chi connectivity index (χ2v) is 12.6. The number of amides is 1. The average Bonchev–Trinajstić information content (AvgIpc) is 2.88. The van der Waals surface area contributed by atoms with Gasteiger partial charge in [0, 0.05) is 30.8 Å². The summed E-state index contributed by atoms with van der Waals surface area (Å²) >= 11 is 6.95. The van der Waals surface area contributed by atoms with Crippen LogP contribution < -0.4 is 11.1 Å². The van der Waals surface area contributed by atoms with E-state index in [1.165, 1.54) is 26.4 Å². The minimum absolute atomic E-state index is 0.0479. The van der Waals surface area contributed by atoms with Crippen LogP contribution >= 0.6 is 11.6 Å². The van der Waals surface area contributed by atoms with E-state index in [9.17, 15) is 24.9 Å². The van der Waals surface area contributed by atoms with E-state index >= 15 is 0 Å². The van der Waals surface area contributed by atoms with Gasteiger partial charge in [0.1, 0.15) is 23.9 Å². The first-order valence-electron chi connectivity index (χ1n) is 14.5. The van der Waals surface area contributed by atoms with Gasteiger partial charge in [-0.1, -0.05) is 24.9 Å². The van der Waals surface area contributed by atoms with Crippen molar-refractivity contribution in [1.29, 1.82) is 0 Å². The van der Waals surface area contributed by atoms with Crippen LogP contribution in [0.4, 0.5) is 0 Å². The topological polar surface area (TPSA) is 145 Å². The number of aromatic hydroxyl groups is 1. The molecule has 0 radical (unpaired) electrons. The summed E-state index contributed by atoms with van der Waals surface area (Å²) in [5.41, 5.74) is 7.78. The Kier molecular flexibility index (Phi) is 9.74. The largest absolute Gasteiger partial charge is 0.510 e. The average molecular weight is 590 g/mol. The number of likely N-dealkylation sites (N-methyl/N-ethyl adjacent to an activating group) is 1. The van der Waals surface area contributed by atoms with Crippen LogP contribution in [-0.2, 0) is 27.3 Å². The molecule has 1 aromatic carbocycles. The maximum Gasteiger partial charge on any atom is 0.248 e. The number of phenols is 1. The van der Waals surface area contributed by atoms with Crippen molar-refractivity contribution < 1.29 is 29.6 Å². The summed E-state index contributed by atoms with van der Waals surface area (Å²) in [7, 11) is 5.05. The van der Waals surface area contributed by atoms with Gasteiger partial charge < -0.3 is 31.1 Å². The minimum Gasteiger partial charge on any atom is -0.510 e. The van der Waals surface area contributed by atoms with Crippen molar-refractivity contribution in [3.63, 3.8) is 0 Å². The number of rotatable bonds is 12. The summed E-state index contributed by atoms with van der Waals surface area (Å²) in [6.45, 7) is 3.35. The standard InChI is InChI=1S/C31H44ClN3O6/c1-5-31(9-6-10-31)16-34-14-19-13-22(36)25-21(26(19)32)12-18(24(29(25)39)23(37)15-41-4)11-17-7-8-20(30(33)40)28(38)27(17)35(2)3/h13,17-18,27,34,36,38-39H,5-12,14-16H2,1-4H3,(H2,33,40)/t17-,18+,27-/m0/s1. The Hall–Kier alpha value is -2.59. The van der Waals surface area contributed by atoms with E-state index in [4.69, 9.17) is 22.1 Å². The lowest BCUT2D eigenvalue weighted by atomic mass is 9.67. The zero-order valence-electron chi connectivity index (χ0n) is 24.6. The summed E-state index contributed by atoms with van der Waals surface area (Å²) in [6.07, 6.45) is 6.44. The molecule has 0 unspecified atom stereocenters. The quantitative estimate of drug-likeness (QED) is 0.241. The molecule has 9 nitrogen and oxygen atoms in total. The molecule has 0 bridgehead atoms. The summed E-state index contributed by atoms with van der Waals surface area (Å²) in [5.74, 6) is -2.05. The fraction of sp³-hybridized carbons (Fsp3) is 0.613. The van der Waals surface area contributed by atoms with Gasteiger partial charge in [-0.15, -0.1) is 0 Å². The fourth-order valence-corrected chi connectivity index (χ4v) is 7.42. The molecular weight excluding hydrogens is 546 g/mol. The van der Waals surface area contributed by atoms with E-state index < -0.39 is 17.9 Å². The Morgan fingerprint density at radius 2 is 1.95 bits per heavy atom. The third kappa shape index (κ3) is 6.14. The molecule has 3 atom stereocenters. The molecule has 1 fully saturated rings. The highest BCUT2D eigenvalue weighted by molar-refractivity contribution is 6.32. The molecule has 6 N–H and O–H groups in total. The van der Waals surface area contributed by atoms with Crippen LogP contribution in [0.1, 0.15) is 68.6 Å². The van der Waals surface area contributed by atoms with Crippen LogP contribution in [0.5, 0.6) is 5.75 Å². The van der Waals surface area contributed by atoms with Crippen LogP contribution in [-0.4, -0.2) is 72.3 Å². The highest BCUT2D eigenvalue weighted by Crippen LogP contribution is 2.47.